The van der Waals surface area contributed by atoms with Gasteiger partial charge >= 0.3 is 6.18 Å². The van der Waals surface area contributed by atoms with E-state index in [1.807, 2.05) is 42.5 Å². The summed E-state index contributed by atoms with van der Waals surface area (Å²) in [5.74, 6) is 0.539. The van der Waals surface area contributed by atoms with Crippen LogP contribution in [0.25, 0.3) is 10.8 Å². The molecule has 2 nitrogen and oxygen atoms in total. The molecule has 1 heterocycles. The van der Waals surface area contributed by atoms with E-state index in [2.05, 4.69) is 9.97 Å². The zero-order chi connectivity index (χ0) is 18.1. The number of thioether (sulfide) groups is 1. The van der Waals surface area contributed by atoms with Crippen LogP contribution in [0.5, 0.6) is 0 Å². The second-order valence-corrected chi connectivity index (χ2v) is 7.35. The highest BCUT2D eigenvalue weighted by Gasteiger charge is 2.37. The van der Waals surface area contributed by atoms with Crippen LogP contribution in [0, 0.1) is 0 Å². The standard InChI is InChI=1S/C20H17F3N2S/c21-20(22,23)18-16-10-3-4-11-17(16)24-19(25-18)26-12-14-8-5-7-13-6-1-2-9-15(13)14/h1-2,5-9H,3-4,10-12H2. The number of nitrogens with zero attached hydrogens (tertiary/aromatic N) is 2. The van der Waals surface area contributed by atoms with Gasteiger partial charge in [-0.3, -0.25) is 0 Å². The fourth-order valence-electron chi connectivity index (χ4n) is 3.43. The number of hydrogen-bond acceptors (Lipinski definition) is 3. The number of aromatic nitrogens is 2. The molecule has 0 fully saturated rings. The summed E-state index contributed by atoms with van der Waals surface area (Å²) in [5.41, 5.74) is 1.18. The Morgan fingerprint density at radius 1 is 0.923 bits per heavy atom. The molecule has 0 aliphatic heterocycles. The summed E-state index contributed by atoms with van der Waals surface area (Å²) in [6.45, 7) is 0. The van der Waals surface area contributed by atoms with Crippen LogP contribution in [-0.2, 0) is 24.8 Å². The van der Waals surface area contributed by atoms with Crippen molar-refractivity contribution in [2.24, 2.45) is 0 Å². The average molecular weight is 374 g/mol. The smallest absolute Gasteiger partial charge is 0.227 e. The summed E-state index contributed by atoms with van der Waals surface area (Å²) in [6, 6.07) is 14.0. The highest BCUT2D eigenvalue weighted by molar-refractivity contribution is 7.98. The molecule has 0 amide bonds. The molecule has 0 unspecified atom stereocenters. The maximum absolute atomic E-state index is 13.4. The van der Waals surface area contributed by atoms with Gasteiger partial charge in [0, 0.05) is 17.0 Å². The van der Waals surface area contributed by atoms with Gasteiger partial charge in [0.15, 0.2) is 10.9 Å². The van der Waals surface area contributed by atoms with Crippen LogP contribution in [0.2, 0.25) is 0 Å². The number of rotatable bonds is 3. The van der Waals surface area contributed by atoms with Gasteiger partial charge in [0.25, 0.3) is 0 Å². The lowest BCUT2D eigenvalue weighted by atomic mass is 9.94. The molecule has 0 saturated heterocycles. The summed E-state index contributed by atoms with van der Waals surface area (Å²) < 4.78 is 40.3. The molecule has 1 aromatic heterocycles. The topological polar surface area (TPSA) is 25.8 Å². The predicted molar refractivity (Wildman–Crippen MR) is 97.2 cm³/mol. The van der Waals surface area contributed by atoms with E-state index < -0.39 is 11.9 Å². The lowest BCUT2D eigenvalue weighted by Crippen LogP contribution is -2.19. The Kier molecular flexibility index (Phi) is 4.61. The number of aryl methyl sites for hydroxylation is 1. The number of halogens is 3. The Morgan fingerprint density at radius 3 is 2.54 bits per heavy atom. The van der Waals surface area contributed by atoms with Crippen molar-refractivity contribution in [3.63, 3.8) is 0 Å². The first kappa shape index (κ1) is 17.3. The molecular formula is C20H17F3N2S. The predicted octanol–water partition coefficient (Wildman–Crippen LogP) is 5.82. The zero-order valence-corrected chi connectivity index (χ0v) is 14.8. The first-order chi connectivity index (χ1) is 12.5. The molecule has 134 valence electrons. The number of fused-ring (bicyclic) bond motifs is 2. The molecular weight excluding hydrogens is 357 g/mol. The second-order valence-electron chi connectivity index (χ2n) is 6.41. The van der Waals surface area contributed by atoms with E-state index in [0.717, 1.165) is 29.2 Å². The van der Waals surface area contributed by atoms with Crippen molar-refractivity contribution in [3.8, 4) is 0 Å². The number of alkyl halides is 3. The summed E-state index contributed by atoms with van der Waals surface area (Å²) in [5, 5.41) is 2.44. The van der Waals surface area contributed by atoms with Gasteiger partial charge in [0.05, 0.1) is 0 Å². The first-order valence-electron chi connectivity index (χ1n) is 8.59. The second kappa shape index (κ2) is 6.91. The van der Waals surface area contributed by atoms with E-state index >= 15 is 0 Å². The molecule has 1 aliphatic rings. The molecule has 3 aromatic rings. The molecule has 6 heteroatoms. The van der Waals surface area contributed by atoms with Gasteiger partial charge in [-0.1, -0.05) is 54.2 Å². The molecule has 2 aromatic carbocycles. The van der Waals surface area contributed by atoms with E-state index in [0.29, 0.717) is 29.9 Å². The largest absolute Gasteiger partial charge is 0.433 e. The molecule has 4 rings (SSSR count). The van der Waals surface area contributed by atoms with Crippen molar-refractivity contribution in [1.82, 2.24) is 9.97 Å². The first-order valence-corrected chi connectivity index (χ1v) is 9.57. The van der Waals surface area contributed by atoms with E-state index in [1.165, 1.54) is 11.8 Å². The van der Waals surface area contributed by atoms with E-state index in [4.69, 9.17) is 0 Å². The Morgan fingerprint density at radius 2 is 1.69 bits per heavy atom. The third-order valence-corrected chi connectivity index (χ3v) is 5.56. The van der Waals surface area contributed by atoms with Crippen LogP contribution in [0.15, 0.2) is 47.6 Å². The molecule has 0 saturated carbocycles. The Hall–Kier alpha value is -2.08. The fourth-order valence-corrected chi connectivity index (χ4v) is 4.30. The van der Waals surface area contributed by atoms with Gasteiger partial charge in [0.2, 0.25) is 0 Å². The van der Waals surface area contributed by atoms with Gasteiger partial charge in [-0.25, -0.2) is 9.97 Å². The summed E-state index contributed by atoms with van der Waals surface area (Å²) in [4.78, 5) is 8.31. The third-order valence-electron chi connectivity index (χ3n) is 4.67. The van der Waals surface area contributed by atoms with Crippen molar-refractivity contribution in [2.75, 3.05) is 0 Å². The molecule has 0 atom stereocenters. The minimum Gasteiger partial charge on any atom is -0.227 e. The van der Waals surface area contributed by atoms with Gasteiger partial charge in [-0.2, -0.15) is 13.2 Å². The monoisotopic (exact) mass is 374 g/mol. The van der Waals surface area contributed by atoms with Gasteiger partial charge < -0.3 is 0 Å². The third kappa shape index (κ3) is 3.43. The van der Waals surface area contributed by atoms with E-state index in [1.54, 1.807) is 0 Å². The maximum atomic E-state index is 13.4. The number of hydrogen-bond donors (Lipinski definition) is 0. The lowest BCUT2D eigenvalue weighted by Gasteiger charge is -2.20. The fraction of sp³-hybridized carbons (Fsp3) is 0.300. The molecule has 1 aliphatic carbocycles. The minimum absolute atomic E-state index is 0.214. The minimum atomic E-state index is -4.43. The Balaban J connectivity index is 1.66. The van der Waals surface area contributed by atoms with Gasteiger partial charge in [-0.15, -0.1) is 0 Å². The van der Waals surface area contributed by atoms with Crippen LogP contribution in [-0.4, -0.2) is 9.97 Å². The van der Waals surface area contributed by atoms with Gasteiger partial charge in [-0.05, 0) is 42.0 Å². The summed E-state index contributed by atoms with van der Waals surface area (Å²) in [7, 11) is 0. The SMILES string of the molecule is FC(F)(F)c1nc(SCc2cccc3ccccc23)nc2c1CCCC2. The summed E-state index contributed by atoms with van der Waals surface area (Å²) >= 11 is 1.27. The number of benzene rings is 2. The molecule has 0 bridgehead atoms. The summed E-state index contributed by atoms with van der Waals surface area (Å²) in [6.07, 6.45) is -1.77. The van der Waals surface area contributed by atoms with Crippen molar-refractivity contribution >= 4 is 22.5 Å². The zero-order valence-electron chi connectivity index (χ0n) is 14.0. The normalized spacial score (nSPS) is 14.4. The quantitative estimate of drug-likeness (QED) is 0.427. The Labute approximate surface area is 153 Å². The highest BCUT2D eigenvalue weighted by Crippen LogP contribution is 2.36. The molecule has 0 N–H and O–H groups in total. The van der Waals surface area contributed by atoms with Gasteiger partial charge in [0.1, 0.15) is 0 Å². The maximum Gasteiger partial charge on any atom is 0.433 e. The van der Waals surface area contributed by atoms with Crippen LogP contribution >= 0.6 is 11.8 Å². The van der Waals surface area contributed by atoms with Crippen LogP contribution in [0.3, 0.4) is 0 Å². The molecule has 26 heavy (non-hydrogen) atoms. The highest BCUT2D eigenvalue weighted by atomic mass is 32.2. The van der Waals surface area contributed by atoms with Crippen LogP contribution in [0.4, 0.5) is 13.2 Å². The van der Waals surface area contributed by atoms with E-state index in [9.17, 15) is 13.2 Å². The van der Waals surface area contributed by atoms with Crippen molar-refractivity contribution in [3.05, 3.63) is 65.0 Å². The lowest BCUT2D eigenvalue weighted by molar-refractivity contribution is -0.142. The average Bonchev–Trinajstić information content (AvgIpc) is 2.65. The molecule has 0 spiro atoms. The van der Waals surface area contributed by atoms with Crippen LogP contribution in [0.1, 0.15) is 35.4 Å². The Bertz CT molecular complexity index is 948. The van der Waals surface area contributed by atoms with E-state index in [-0.39, 0.29) is 5.16 Å². The van der Waals surface area contributed by atoms with Crippen molar-refractivity contribution < 1.29 is 13.2 Å². The van der Waals surface area contributed by atoms with Crippen molar-refractivity contribution in [1.29, 1.82) is 0 Å². The molecule has 0 radical (unpaired) electrons. The van der Waals surface area contributed by atoms with Crippen molar-refractivity contribution in [2.45, 2.75) is 42.8 Å². The van der Waals surface area contributed by atoms with Crippen LogP contribution < -0.4 is 0 Å².